The first kappa shape index (κ1) is 32.3. The number of hydrogen-bond donors (Lipinski definition) is 0. The minimum Gasteiger partial charge on any atom is -0.405 e. The van der Waals surface area contributed by atoms with Crippen molar-refractivity contribution < 1.29 is 22.3 Å². The van der Waals surface area contributed by atoms with E-state index in [1.807, 2.05) is 18.2 Å². The molecule has 8 heteroatoms. The molecule has 2 aliphatic heterocycles. The Labute approximate surface area is 261 Å². The van der Waals surface area contributed by atoms with Crippen molar-refractivity contribution in [1.29, 1.82) is 0 Å². The van der Waals surface area contributed by atoms with E-state index in [0.717, 1.165) is 23.2 Å². The molecule has 3 aromatic carbocycles. The fraction of sp³-hybridized carbons (Fsp3) is 0.486. The predicted molar refractivity (Wildman–Crippen MR) is 180 cm³/mol. The van der Waals surface area contributed by atoms with Crippen molar-refractivity contribution >= 4 is 36.6 Å². The lowest BCUT2D eigenvalue weighted by molar-refractivity contribution is -0.0266. The van der Waals surface area contributed by atoms with Gasteiger partial charge < -0.3 is 13.9 Å². The molecule has 0 aliphatic carbocycles. The van der Waals surface area contributed by atoms with E-state index in [4.69, 9.17) is 13.9 Å². The molecule has 3 aromatic rings. The highest BCUT2D eigenvalue weighted by molar-refractivity contribution is 7.93. The van der Waals surface area contributed by atoms with Gasteiger partial charge in [-0.15, -0.1) is 0 Å². The van der Waals surface area contributed by atoms with Crippen LogP contribution < -0.4 is 10.4 Å². The first-order valence-electron chi connectivity index (χ1n) is 15.5. The molecule has 5 nitrogen and oxygen atoms in total. The fourth-order valence-corrected chi connectivity index (χ4v) is 15.6. The largest absolute Gasteiger partial charge is 0.405 e. The summed E-state index contributed by atoms with van der Waals surface area (Å²) in [6, 6.07) is 29.7. The summed E-state index contributed by atoms with van der Waals surface area (Å²) in [6.07, 6.45) is 1.54. The van der Waals surface area contributed by atoms with Crippen molar-refractivity contribution in [2.75, 3.05) is 13.2 Å². The highest BCUT2D eigenvalue weighted by Crippen LogP contribution is 2.57. The van der Waals surface area contributed by atoms with Crippen molar-refractivity contribution in [2.45, 2.75) is 98.7 Å². The highest BCUT2D eigenvalue weighted by Gasteiger charge is 2.69. The zero-order valence-corrected chi connectivity index (χ0v) is 29.6. The van der Waals surface area contributed by atoms with Crippen molar-refractivity contribution in [3.05, 3.63) is 91.0 Å². The smallest absolute Gasteiger partial charge is 0.261 e. The summed E-state index contributed by atoms with van der Waals surface area (Å²) in [5, 5.41) is 2.02. The lowest BCUT2D eigenvalue weighted by atomic mass is 9.91. The second kappa shape index (κ2) is 11.7. The SMILES string of the molecule is CC(C)(C)[Si](OC[C@H]1O[C@@]1(C[C@H]1OCCC[C@]1(C)[Si](C)(C)C)S(=O)(=O)c1ccccc1)(c1ccccc1)c1ccccc1. The van der Waals surface area contributed by atoms with Gasteiger partial charge in [0.1, 0.15) is 6.10 Å². The maximum absolute atomic E-state index is 14.5. The van der Waals surface area contributed by atoms with Gasteiger partial charge >= 0.3 is 0 Å². The Bertz CT molecular complexity index is 1450. The van der Waals surface area contributed by atoms with Gasteiger partial charge in [0.15, 0.2) is 0 Å². The minimum atomic E-state index is -3.86. The topological polar surface area (TPSA) is 65.1 Å². The van der Waals surface area contributed by atoms with Gasteiger partial charge in [-0.3, -0.25) is 0 Å². The van der Waals surface area contributed by atoms with Gasteiger partial charge in [-0.25, -0.2) is 8.42 Å². The summed E-state index contributed by atoms with van der Waals surface area (Å²) in [7, 11) is -8.48. The van der Waals surface area contributed by atoms with Crippen LogP contribution in [-0.4, -0.2) is 55.2 Å². The van der Waals surface area contributed by atoms with E-state index in [9.17, 15) is 8.42 Å². The highest BCUT2D eigenvalue weighted by atomic mass is 32.2. The number of epoxide rings is 1. The number of hydrogen-bond acceptors (Lipinski definition) is 5. The number of rotatable bonds is 10. The van der Waals surface area contributed by atoms with E-state index < -0.39 is 37.3 Å². The number of benzene rings is 3. The molecular formula is C35H48O5SSi2. The molecule has 2 saturated heterocycles. The summed E-state index contributed by atoms with van der Waals surface area (Å²) in [5.41, 5.74) is 0. The summed E-state index contributed by atoms with van der Waals surface area (Å²) in [5.74, 6) is 0. The van der Waals surface area contributed by atoms with Crippen molar-refractivity contribution in [2.24, 2.45) is 0 Å². The molecular weight excluding hydrogens is 589 g/mol. The molecule has 0 radical (unpaired) electrons. The Morgan fingerprint density at radius 1 is 0.837 bits per heavy atom. The Balaban J connectivity index is 1.56. The molecule has 2 aliphatic rings. The van der Waals surface area contributed by atoms with Crippen LogP contribution in [0, 0.1) is 0 Å². The quantitative estimate of drug-likeness (QED) is 0.181. The third-order valence-corrected chi connectivity index (χ3v) is 21.5. The molecule has 2 heterocycles. The van der Waals surface area contributed by atoms with E-state index in [1.54, 1.807) is 24.3 Å². The average Bonchev–Trinajstić information content (AvgIpc) is 3.69. The van der Waals surface area contributed by atoms with Gasteiger partial charge in [0, 0.05) is 13.0 Å². The molecule has 0 N–H and O–H groups in total. The van der Waals surface area contributed by atoms with E-state index >= 15 is 0 Å². The lowest BCUT2D eigenvalue weighted by Gasteiger charge is -2.49. The maximum atomic E-state index is 14.5. The van der Waals surface area contributed by atoms with Gasteiger partial charge in [-0.1, -0.05) is 126 Å². The molecule has 5 rings (SSSR count). The third kappa shape index (κ3) is 5.64. The second-order valence-electron chi connectivity index (χ2n) is 14.5. The molecule has 0 aromatic heterocycles. The van der Waals surface area contributed by atoms with Crippen LogP contribution in [0.5, 0.6) is 0 Å². The zero-order valence-electron chi connectivity index (χ0n) is 26.8. The Morgan fingerprint density at radius 3 is 1.84 bits per heavy atom. The first-order valence-corrected chi connectivity index (χ1v) is 22.4. The Hall–Kier alpha value is -2.08. The van der Waals surface area contributed by atoms with Crippen LogP contribution in [0.15, 0.2) is 95.9 Å². The van der Waals surface area contributed by atoms with Gasteiger partial charge in [-0.2, -0.15) is 0 Å². The second-order valence-corrected chi connectivity index (χ2v) is 26.7. The maximum Gasteiger partial charge on any atom is 0.261 e. The van der Waals surface area contributed by atoms with Crippen LogP contribution in [-0.2, 0) is 23.7 Å². The average molecular weight is 637 g/mol. The molecule has 0 bridgehead atoms. The van der Waals surface area contributed by atoms with Crippen LogP contribution in [0.3, 0.4) is 0 Å². The summed E-state index contributed by atoms with van der Waals surface area (Å²) < 4.78 is 49.1. The fourth-order valence-electron chi connectivity index (χ4n) is 7.07. The molecule has 43 heavy (non-hydrogen) atoms. The molecule has 2 fully saturated rings. The Kier molecular flexibility index (Phi) is 8.79. The van der Waals surface area contributed by atoms with Crippen LogP contribution in [0.4, 0.5) is 0 Å². The summed E-state index contributed by atoms with van der Waals surface area (Å²) >= 11 is 0. The standard InChI is InChI=1S/C35H48O5SSi2/c1-33(2,3)43(29-20-13-9-14-21-29,30-22-15-10-16-23-30)39-27-32-35(40-32,41(36,37)28-18-11-8-12-19-28)26-31-34(4,42(5,6)7)24-17-25-38-31/h8-16,18-23,31-32H,17,24-27H2,1-7H3/t31-,32-,34+,35+/m1/s1. The molecule has 0 spiro atoms. The summed E-state index contributed by atoms with van der Waals surface area (Å²) in [6.45, 7) is 16.9. The van der Waals surface area contributed by atoms with Gasteiger partial charge in [0.25, 0.3) is 8.32 Å². The van der Waals surface area contributed by atoms with Crippen LogP contribution >= 0.6 is 0 Å². The van der Waals surface area contributed by atoms with Gasteiger partial charge in [0.05, 0.1) is 25.7 Å². The zero-order chi connectivity index (χ0) is 31.2. The van der Waals surface area contributed by atoms with Crippen LogP contribution in [0.2, 0.25) is 29.7 Å². The lowest BCUT2D eigenvalue weighted by Crippen LogP contribution is -2.67. The Morgan fingerprint density at radius 2 is 1.35 bits per heavy atom. The molecule has 0 amide bonds. The van der Waals surface area contributed by atoms with Crippen molar-refractivity contribution in [3.8, 4) is 0 Å². The van der Waals surface area contributed by atoms with Crippen LogP contribution in [0.25, 0.3) is 0 Å². The number of sulfone groups is 1. The number of ether oxygens (including phenoxy) is 2. The van der Waals surface area contributed by atoms with Crippen molar-refractivity contribution in [3.63, 3.8) is 0 Å². The summed E-state index contributed by atoms with van der Waals surface area (Å²) in [4.78, 5) is -1.11. The van der Waals surface area contributed by atoms with E-state index in [-0.39, 0.29) is 27.7 Å². The molecule has 0 unspecified atom stereocenters. The normalized spacial score (nSPS) is 26.7. The molecule has 0 saturated carbocycles. The predicted octanol–water partition coefficient (Wildman–Crippen LogP) is 6.80. The van der Waals surface area contributed by atoms with Crippen molar-refractivity contribution in [1.82, 2.24) is 0 Å². The van der Waals surface area contributed by atoms with Gasteiger partial charge in [0.2, 0.25) is 14.8 Å². The third-order valence-electron chi connectivity index (χ3n) is 10.2. The van der Waals surface area contributed by atoms with Crippen LogP contribution in [0.1, 0.15) is 47.0 Å². The van der Waals surface area contributed by atoms with E-state index in [2.05, 4.69) is 95.9 Å². The van der Waals surface area contributed by atoms with E-state index in [0.29, 0.717) is 13.0 Å². The van der Waals surface area contributed by atoms with E-state index in [1.165, 1.54) is 0 Å². The van der Waals surface area contributed by atoms with Gasteiger partial charge in [-0.05, 0) is 45.4 Å². The minimum absolute atomic E-state index is 0.0696. The molecule has 232 valence electrons. The molecule has 4 atom stereocenters. The first-order chi connectivity index (χ1) is 20.2. The monoisotopic (exact) mass is 636 g/mol.